The van der Waals surface area contributed by atoms with Crippen LogP contribution >= 0.6 is 11.6 Å². The van der Waals surface area contributed by atoms with Crippen molar-refractivity contribution in [1.82, 2.24) is 0 Å². The number of hydrogen-bond donors (Lipinski definition) is 1. The van der Waals surface area contributed by atoms with E-state index in [1.807, 2.05) is 44.2 Å². The molecule has 0 saturated heterocycles. The number of halogens is 1. The van der Waals surface area contributed by atoms with Crippen molar-refractivity contribution in [2.24, 2.45) is 0 Å². The fourth-order valence-corrected chi connectivity index (χ4v) is 2.63. The molecule has 0 atom stereocenters. The summed E-state index contributed by atoms with van der Waals surface area (Å²) in [6.07, 6.45) is 3.19. The van der Waals surface area contributed by atoms with Crippen LogP contribution in [-0.2, 0) is 11.2 Å². The van der Waals surface area contributed by atoms with Gasteiger partial charge < -0.3 is 10.1 Å². The molecule has 0 radical (unpaired) electrons. The molecule has 26 heavy (non-hydrogen) atoms. The second-order valence-corrected chi connectivity index (χ2v) is 6.08. The number of rotatable bonds is 7. The number of aryl methyl sites for hydroxylation is 1. The lowest BCUT2D eigenvalue weighted by Crippen LogP contribution is -2.14. The van der Waals surface area contributed by atoms with Gasteiger partial charge in [-0.15, -0.1) is 0 Å². The van der Waals surface area contributed by atoms with Crippen LogP contribution in [0.4, 0.5) is 5.69 Å². The molecule has 0 saturated carbocycles. The summed E-state index contributed by atoms with van der Waals surface area (Å²) in [6, 6.07) is 14.7. The third-order valence-electron chi connectivity index (χ3n) is 3.74. The third-order valence-corrected chi connectivity index (χ3v) is 4.04. The van der Waals surface area contributed by atoms with Crippen molar-refractivity contribution >= 4 is 29.3 Å². The highest BCUT2D eigenvalue weighted by atomic mass is 35.5. The number of amides is 1. The third kappa shape index (κ3) is 5.11. The maximum Gasteiger partial charge on any atom is 0.266 e. The standard InChI is InChI=1S/C21H21ClN2O2/c1-3-11-26-20-10-9-15(13-18(20)22)12-17(14-23)21(25)24-19-8-6-5-7-16(19)4-2/h5-10,12-13H,3-4,11H2,1-2H3,(H,24,25)/b17-12+. The van der Waals surface area contributed by atoms with Crippen molar-refractivity contribution in [1.29, 1.82) is 5.26 Å². The Morgan fingerprint density at radius 3 is 2.69 bits per heavy atom. The van der Waals surface area contributed by atoms with E-state index in [0.29, 0.717) is 28.6 Å². The second kappa shape index (κ2) is 9.65. The molecule has 2 aromatic carbocycles. The summed E-state index contributed by atoms with van der Waals surface area (Å²) in [7, 11) is 0. The molecule has 0 heterocycles. The smallest absolute Gasteiger partial charge is 0.266 e. The van der Waals surface area contributed by atoms with Gasteiger partial charge in [0.2, 0.25) is 0 Å². The minimum atomic E-state index is -0.448. The first-order valence-corrected chi connectivity index (χ1v) is 8.90. The van der Waals surface area contributed by atoms with E-state index >= 15 is 0 Å². The number of para-hydroxylation sites is 1. The van der Waals surface area contributed by atoms with Gasteiger partial charge in [0, 0.05) is 5.69 Å². The van der Waals surface area contributed by atoms with Gasteiger partial charge in [-0.05, 0) is 48.2 Å². The lowest BCUT2D eigenvalue weighted by Gasteiger charge is -2.09. The fourth-order valence-electron chi connectivity index (χ4n) is 2.39. The summed E-state index contributed by atoms with van der Waals surface area (Å²) in [4.78, 5) is 12.4. The minimum Gasteiger partial charge on any atom is -0.492 e. The van der Waals surface area contributed by atoms with Gasteiger partial charge in [-0.25, -0.2) is 0 Å². The number of carbonyl (C=O) groups excluding carboxylic acids is 1. The van der Waals surface area contributed by atoms with Gasteiger partial charge in [0.1, 0.15) is 17.4 Å². The molecular weight excluding hydrogens is 348 g/mol. The Bertz CT molecular complexity index is 853. The molecule has 1 amide bonds. The van der Waals surface area contributed by atoms with E-state index in [2.05, 4.69) is 5.32 Å². The van der Waals surface area contributed by atoms with Crippen LogP contribution in [0.3, 0.4) is 0 Å². The van der Waals surface area contributed by atoms with Crippen molar-refractivity contribution in [3.63, 3.8) is 0 Å². The van der Waals surface area contributed by atoms with E-state index in [1.54, 1.807) is 18.2 Å². The highest BCUT2D eigenvalue weighted by Gasteiger charge is 2.12. The molecule has 4 nitrogen and oxygen atoms in total. The highest BCUT2D eigenvalue weighted by molar-refractivity contribution is 6.32. The van der Waals surface area contributed by atoms with E-state index in [-0.39, 0.29) is 5.57 Å². The van der Waals surface area contributed by atoms with Crippen LogP contribution < -0.4 is 10.1 Å². The molecule has 0 bridgehead atoms. The molecule has 134 valence electrons. The largest absolute Gasteiger partial charge is 0.492 e. The average Bonchev–Trinajstić information content (AvgIpc) is 2.65. The Labute approximate surface area is 159 Å². The number of ether oxygens (including phenoxy) is 1. The summed E-state index contributed by atoms with van der Waals surface area (Å²) < 4.78 is 5.53. The Morgan fingerprint density at radius 2 is 2.04 bits per heavy atom. The fraction of sp³-hybridized carbons (Fsp3) is 0.238. The molecule has 1 N–H and O–H groups in total. The van der Waals surface area contributed by atoms with Gasteiger partial charge in [-0.2, -0.15) is 5.26 Å². The van der Waals surface area contributed by atoms with Crippen LogP contribution in [-0.4, -0.2) is 12.5 Å². The van der Waals surface area contributed by atoms with Crippen LogP contribution in [0.15, 0.2) is 48.0 Å². The molecule has 0 fully saturated rings. The van der Waals surface area contributed by atoms with E-state index < -0.39 is 5.91 Å². The second-order valence-electron chi connectivity index (χ2n) is 5.67. The van der Waals surface area contributed by atoms with Crippen LogP contribution in [0.1, 0.15) is 31.4 Å². The topological polar surface area (TPSA) is 62.1 Å². The number of benzene rings is 2. The Hall–Kier alpha value is -2.77. The van der Waals surface area contributed by atoms with Gasteiger partial charge in [0.15, 0.2) is 0 Å². The molecule has 0 spiro atoms. The highest BCUT2D eigenvalue weighted by Crippen LogP contribution is 2.26. The maximum atomic E-state index is 12.4. The van der Waals surface area contributed by atoms with Gasteiger partial charge >= 0.3 is 0 Å². The van der Waals surface area contributed by atoms with Crippen molar-refractivity contribution in [2.45, 2.75) is 26.7 Å². The average molecular weight is 369 g/mol. The SMILES string of the molecule is CCCOc1ccc(/C=C(\C#N)C(=O)Nc2ccccc2CC)cc1Cl. The molecule has 0 aliphatic heterocycles. The van der Waals surface area contributed by atoms with Crippen LogP contribution in [0.5, 0.6) is 5.75 Å². The van der Waals surface area contributed by atoms with Crippen LogP contribution in [0.25, 0.3) is 6.08 Å². The normalized spacial score (nSPS) is 10.9. The summed E-state index contributed by atoms with van der Waals surface area (Å²) in [5, 5.41) is 12.6. The van der Waals surface area contributed by atoms with E-state index in [4.69, 9.17) is 16.3 Å². The van der Waals surface area contributed by atoms with Crippen LogP contribution in [0, 0.1) is 11.3 Å². The van der Waals surface area contributed by atoms with E-state index in [1.165, 1.54) is 6.08 Å². The first-order valence-electron chi connectivity index (χ1n) is 8.52. The number of carbonyl (C=O) groups is 1. The molecule has 5 heteroatoms. The number of anilines is 1. The monoisotopic (exact) mass is 368 g/mol. The zero-order chi connectivity index (χ0) is 18.9. The number of hydrogen-bond acceptors (Lipinski definition) is 3. The first kappa shape index (κ1) is 19.6. The summed E-state index contributed by atoms with van der Waals surface area (Å²) in [5.74, 6) is 0.140. The van der Waals surface area contributed by atoms with E-state index in [0.717, 1.165) is 18.4 Å². The Balaban J connectivity index is 2.20. The van der Waals surface area contributed by atoms with Gasteiger partial charge in [-0.3, -0.25) is 4.79 Å². The summed E-state index contributed by atoms with van der Waals surface area (Å²) in [5.41, 5.74) is 2.39. The van der Waals surface area contributed by atoms with Crippen molar-refractivity contribution < 1.29 is 9.53 Å². The maximum absolute atomic E-state index is 12.4. The molecule has 2 aromatic rings. The Morgan fingerprint density at radius 1 is 1.27 bits per heavy atom. The van der Waals surface area contributed by atoms with Crippen molar-refractivity contribution in [2.75, 3.05) is 11.9 Å². The molecule has 2 rings (SSSR count). The zero-order valence-corrected chi connectivity index (χ0v) is 15.6. The van der Waals surface area contributed by atoms with Gasteiger partial charge in [-0.1, -0.05) is 49.7 Å². The Kier molecular flexibility index (Phi) is 7.25. The van der Waals surface area contributed by atoms with Crippen molar-refractivity contribution in [3.05, 3.63) is 64.2 Å². The van der Waals surface area contributed by atoms with Gasteiger partial charge in [0.25, 0.3) is 5.91 Å². The quantitative estimate of drug-likeness (QED) is 0.537. The van der Waals surface area contributed by atoms with Gasteiger partial charge in [0.05, 0.1) is 11.6 Å². The zero-order valence-electron chi connectivity index (χ0n) is 14.9. The number of nitriles is 1. The number of nitrogens with zero attached hydrogens (tertiary/aromatic N) is 1. The molecule has 0 aliphatic rings. The summed E-state index contributed by atoms with van der Waals surface area (Å²) in [6.45, 7) is 4.60. The predicted octanol–water partition coefficient (Wildman–Crippen LogP) is 5.24. The molecule has 0 unspecified atom stereocenters. The lowest BCUT2D eigenvalue weighted by atomic mass is 10.1. The molecule has 0 aromatic heterocycles. The minimum absolute atomic E-state index is 0.00852. The predicted molar refractivity (Wildman–Crippen MR) is 105 cm³/mol. The first-order chi connectivity index (χ1) is 12.6. The molecular formula is C21H21ClN2O2. The lowest BCUT2D eigenvalue weighted by molar-refractivity contribution is -0.112. The van der Waals surface area contributed by atoms with Crippen LogP contribution in [0.2, 0.25) is 5.02 Å². The number of nitrogens with one attached hydrogen (secondary N) is 1. The van der Waals surface area contributed by atoms with Crippen molar-refractivity contribution in [3.8, 4) is 11.8 Å². The molecule has 0 aliphatic carbocycles. The van der Waals surface area contributed by atoms with E-state index in [9.17, 15) is 10.1 Å². The summed E-state index contributed by atoms with van der Waals surface area (Å²) >= 11 is 6.20.